The van der Waals surface area contributed by atoms with Crippen LogP contribution in [-0.2, 0) is 4.74 Å². The number of nitrogens with one attached hydrogen (secondary N) is 1. The van der Waals surface area contributed by atoms with Gasteiger partial charge in [-0.25, -0.2) is 0 Å². The lowest BCUT2D eigenvalue weighted by Crippen LogP contribution is -2.40. The third kappa shape index (κ3) is 3.24. The number of benzene rings is 1. The third-order valence-corrected chi connectivity index (χ3v) is 3.65. The van der Waals surface area contributed by atoms with Crippen LogP contribution in [0.4, 0.5) is 5.69 Å². The molecule has 1 saturated heterocycles. The predicted molar refractivity (Wildman–Crippen MR) is 75.5 cm³/mol. The van der Waals surface area contributed by atoms with Crippen molar-refractivity contribution in [2.75, 3.05) is 11.9 Å². The number of halogens is 1. The van der Waals surface area contributed by atoms with Gasteiger partial charge in [0.15, 0.2) is 0 Å². The Morgan fingerprint density at radius 3 is 2.94 bits per heavy atom. The molecule has 1 fully saturated rings. The first-order chi connectivity index (χ1) is 8.50. The average Bonchev–Trinajstić information content (AvgIpc) is 2.30. The van der Waals surface area contributed by atoms with Gasteiger partial charge >= 0.3 is 0 Å². The first kappa shape index (κ1) is 13.4. The van der Waals surface area contributed by atoms with Crippen LogP contribution in [0.15, 0.2) is 22.7 Å². The van der Waals surface area contributed by atoms with Crippen LogP contribution in [-0.4, -0.2) is 18.2 Å². The standard InChI is InChI=1S/C14H17BrN2O/c1-14(2)8-12(5-6-18-14)17-13-4-3-11(15)7-10(13)9-16/h3-4,7,12,17H,5-6,8H2,1-2H3. The molecular formula is C14H17BrN2O. The van der Waals surface area contributed by atoms with Crippen molar-refractivity contribution in [3.05, 3.63) is 28.2 Å². The zero-order valence-corrected chi connectivity index (χ0v) is 12.3. The zero-order valence-electron chi connectivity index (χ0n) is 10.7. The van der Waals surface area contributed by atoms with E-state index in [2.05, 4.69) is 41.2 Å². The molecule has 3 nitrogen and oxygen atoms in total. The van der Waals surface area contributed by atoms with Crippen LogP contribution in [0.25, 0.3) is 0 Å². The second-order valence-corrected chi connectivity index (χ2v) is 6.16. The van der Waals surface area contributed by atoms with E-state index in [-0.39, 0.29) is 5.60 Å². The summed E-state index contributed by atoms with van der Waals surface area (Å²) in [5.41, 5.74) is 1.50. The highest BCUT2D eigenvalue weighted by Gasteiger charge is 2.28. The van der Waals surface area contributed by atoms with Crippen molar-refractivity contribution in [1.82, 2.24) is 0 Å². The molecule has 1 atom stereocenters. The van der Waals surface area contributed by atoms with Crippen molar-refractivity contribution in [3.63, 3.8) is 0 Å². The van der Waals surface area contributed by atoms with Crippen LogP contribution >= 0.6 is 15.9 Å². The Hall–Kier alpha value is -1.05. The van der Waals surface area contributed by atoms with Gasteiger partial charge in [-0.1, -0.05) is 15.9 Å². The monoisotopic (exact) mass is 308 g/mol. The van der Waals surface area contributed by atoms with Crippen LogP contribution in [0.3, 0.4) is 0 Å². The molecule has 18 heavy (non-hydrogen) atoms. The maximum atomic E-state index is 9.14. The van der Waals surface area contributed by atoms with Gasteiger partial charge in [0.05, 0.1) is 16.9 Å². The van der Waals surface area contributed by atoms with Gasteiger partial charge in [-0.15, -0.1) is 0 Å². The van der Waals surface area contributed by atoms with Crippen molar-refractivity contribution < 1.29 is 4.74 Å². The van der Waals surface area contributed by atoms with Gasteiger partial charge in [-0.3, -0.25) is 0 Å². The van der Waals surface area contributed by atoms with Crippen LogP contribution in [0, 0.1) is 11.3 Å². The van der Waals surface area contributed by atoms with Crippen molar-refractivity contribution in [3.8, 4) is 6.07 Å². The minimum atomic E-state index is -0.0852. The molecule has 1 aliphatic rings. The van der Waals surface area contributed by atoms with E-state index in [0.717, 1.165) is 29.6 Å². The minimum Gasteiger partial charge on any atom is -0.381 e. The molecule has 1 aliphatic heterocycles. The Balaban J connectivity index is 2.12. The van der Waals surface area contributed by atoms with Crippen LogP contribution < -0.4 is 5.32 Å². The molecule has 0 amide bonds. The number of ether oxygens (including phenoxy) is 1. The molecule has 0 aromatic heterocycles. The molecule has 1 heterocycles. The fourth-order valence-electron chi connectivity index (χ4n) is 2.31. The first-order valence-electron chi connectivity index (χ1n) is 6.10. The highest BCUT2D eigenvalue weighted by molar-refractivity contribution is 9.10. The molecule has 0 bridgehead atoms. The summed E-state index contributed by atoms with van der Waals surface area (Å²) in [4.78, 5) is 0. The van der Waals surface area contributed by atoms with E-state index in [1.165, 1.54) is 0 Å². The summed E-state index contributed by atoms with van der Waals surface area (Å²) in [5.74, 6) is 0. The lowest BCUT2D eigenvalue weighted by atomic mass is 9.93. The Morgan fingerprint density at radius 2 is 2.28 bits per heavy atom. The quantitative estimate of drug-likeness (QED) is 0.906. The first-order valence-corrected chi connectivity index (χ1v) is 6.90. The molecule has 0 aliphatic carbocycles. The fourth-order valence-corrected chi connectivity index (χ4v) is 2.67. The average molecular weight is 309 g/mol. The van der Waals surface area contributed by atoms with E-state index in [4.69, 9.17) is 10.00 Å². The summed E-state index contributed by atoms with van der Waals surface area (Å²) in [7, 11) is 0. The van der Waals surface area contributed by atoms with Crippen molar-refractivity contribution in [2.45, 2.75) is 38.3 Å². The van der Waals surface area contributed by atoms with Crippen LogP contribution in [0.1, 0.15) is 32.3 Å². The van der Waals surface area contributed by atoms with Crippen molar-refractivity contribution in [1.29, 1.82) is 5.26 Å². The number of hydrogen-bond donors (Lipinski definition) is 1. The lowest BCUT2D eigenvalue weighted by molar-refractivity contribution is -0.0553. The lowest BCUT2D eigenvalue weighted by Gasteiger charge is -2.36. The Morgan fingerprint density at radius 1 is 1.50 bits per heavy atom. The topological polar surface area (TPSA) is 45.0 Å². The Bertz CT molecular complexity index is 479. The second-order valence-electron chi connectivity index (χ2n) is 5.24. The highest BCUT2D eigenvalue weighted by Crippen LogP contribution is 2.28. The van der Waals surface area contributed by atoms with E-state index >= 15 is 0 Å². The summed E-state index contributed by atoms with van der Waals surface area (Å²) in [6.07, 6.45) is 1.93. The number of anilines is 1. The maximum absolute atomic E-state index is 9.14. The molecule has 0 radical (unpaired) electrons. The molecule has 1 N–H and O–H groups in total. The summed E-state index contributed by atoms with van der Waals surface area (Å²) in [6, 6.07) is 8.33. The van der Waals surface area contributed by atoms with Gasteiger partial charge in [-0.2, -0.15) is 5.26 Å². The molecule has 4 heteroatoms. The maximum Gasteiger partial charge on any atom is 0.101 e. The third-order valence-electron chi connectivity index (χ3n) is 3.16. The molecule has 1 aromatic carbocycles. The summed E-state index contributed by atoms with van der Waals surface area (Å²) in [6.45, 7) is 4.98. The number of rotatable bonds is 2. The highest BCUT2D eigenvalue weighted by atomic mass is 79.9. The van der Waals surface area contributed by atoms with E-state index in [0.29, 0.717) is 11.6 Å². The van der Waals surface area contributed by atoms with E-state index in [1.807, 2.05) is 18.2 Å². The molecule has 1 unspecified atom stereocenters. The fraction of sp³-hybridized carbons (Fsp3) is 0.500. The van der Waals surface area contributed by atoms with Gasteiger partial charge in [0.1, 0.15) is 6.07 Å². The van der Waals surface area contributed by atoms with Crippen LogP contribution in [0.5, 0.6) is 0 Å². The number of nitrogens with zero attached hydrogens (tertiary/aromatic N) is 1. The Labute approximate surface area is 116 Å². The molecule has 0 saturated carbocycles. The molecule has 96 valence electrons. The number of hydrogen-bond acceptors (Lipinski definition) is 3. The van der Waals surface area contributed by atoms with Crippen LogP contribution in [0.2, 0.25) is 0 Å². The molecular weight excluding hydrogens is 292 g/mol. The summed E-state index contributed by atoms with van der Waals surface area (Å²) >= 11 is 3.38. The smallest absolute Gasteiger partial charge is 0.101 e. The molecule has 1 aromatic rings. The van der Waals surface area contributed by atoms with Crippen molar-refractivity contribution in [2.24, 2.45) is 0 Å². The molecule has 2 rings (SSSR count). The summed E-state index contributed by atoms with van der Waals surface area (Å²) < 4.78 is 6.62. The van der Waals surface area contributed by atoms with E-state index in [9.17, 15) is 0 Å². The zero-order chi connectivity index (χ0) is 13.2. The van der Waals surface area contributed by atoms with Gasteiger partial charge in [-0.05, 0) is 44.9 Å². The number of nitriles is 1. The minimum absolute atomic E-state index is 0.0852. The second kappa shape index (κ2) is 5.29. The van der Waals surface area contributed by atoms with Gasteiger partial charge in [0.2, 0.25) is 0 Å². The van der Waals surface area contributed by atoms with E-state index < -0.39 is 0 Å². The normalized spacial score (nSPS) is 22.2. The summed E-state index contributed by atoms with van der Waals surface area (Å²) in [5, 5.41) is 12.6. The Kier molecular flexibility index (Phi) is 3.94. The van der Waals surface area contributed by atoms with Crippen molar-refractivity contribution >= 4 is 21.6 Å². The largest absolute Gasteiger partial charge is 0.381 e. The van der Waals surface area contributed by atoms with Gasteiger partial charge in [0, 0.05) is 17.1 Å². The van der Waals surface area contributed by atoms with Gasteiger partial charge < -0.3 is 10.1 Å². The van der Waals surface area contributed by atoms with E-state index in [1.54, 1.807) is 0 Å². The van der Waals surface area contributed by atoms with Gasteiger partial charge in [0.25, 0.3) is 0 Å². The predicted octanol–water partition coefficient (Wildman–Crippen LogP) is 3.69. The molecule has 0 spiro atoms. The SMILES string of the molecule is CC1(C)CC(Nc2ccc(Br)cc2C#N)CCO1.